The van der Waals surface area contributed by atoms with E-state index in [2.05, 4.69) is 15.2 Å². The molecule has 1 aliphatic heterocycles. The van der Waals surface area contributed by atoms with Gasteiger partial charge >= 0.3 is 0 Å². The van der Waals surface area contributed by atoms with Crippen molar-refractivity contribution in [3.05, 3.63) is 48.4 Å². The zero-order valence-corrected chi connectivity index (χ0v) is 14.2. The number of aromatic nitrogens is 3. The maximum Gasteiger partial charge on any atom is 0.151 e. The molecule has 0 saturated carbocycles. The fraction of sp³-hybridized carbons (Fsp3) is 0.444. The van der Waals surface area contributed by atoms with Crippen molar-refractivity contribution in [3.8, 4) is 11.3 Å². The molecule has 0 unspecified atom stereocenters. The Morgan fingerprint density at radius 2 is 2.36 bits per heavy atom. The van der Waals surface area contributed by atoms with Crippen LogP contribution in [0.5, 0.6) is 0 Å². The molecule has 4 heterocycles. The maximum absolute atomic E-state index is 10.3. The summed E-state index contributed by atoms with van der Waals surface area (Å²) >= 11 is 0. The van der Waals surface area contributed by atoms with E-state index in [1.807, 2.05) is 25.4 Å². The minimum atomic E-state index is -0.568. The molecule has 0 aliphatic carbocycles. The van der Waals surface area contributed by atoms with Gasteiger partial charge in [-0.05, 0) is 37.9 Å². The van der Waals surface area contributed by atoms with E-state index in [-0.39, 0.29) is 0 Å². The van der Waals surface area contributed by atoms with Crippen molar-refractivity contribution in [2.75, 3.05) is 6.54 Å². The molecule has 0 spiro atoms. The topological polar surface area (TPSA) is 80.5 Å². The van der Waals surface area contributed by atoms with Crippen molar-refractivity contribution in [3.63, 3.8) is 0 Å². The number of hydrogen-bond donors (Lipinski definition) is 1. The number of rotatable bonds is 6. The fourth-order valence-electron chi connectivity index (χ4n) is 3.50. The predicted octanol–water partition coefficient (Wildman–Crippen LogP) is 2.76. The van der Waals surface area contributed by atoms with Gasteiger partial charge in [-0.3, -0.25) is 9.58 Å². The first-order valence-electron chi connectivity index (χ1n) is 8.59. The number of nitrogens with zero attached hydrogens (tertiary/aromatic N) is 4. The van der Waals surface area contributed by atoms with Crippen molar-refractivity contribution in [2.45, 2.75) is 38.0 Å². The molecule has 0 amide bonds. The Morgan fingerprint density at radius 1 is 1.44 bits per heavy atom. The van der Waals surface area contributed by atoms with Gasteiger partial charge in [-0.25, -0.2) is 0 Å². The lowest BCUT2D eigenvalue weighted by Crippen LogP contribution is -2.30. The Labute approximate surface area is 145 Å². The van der Waals surface area contributed by atoms with E-state index >= 15 is 0 Å². The van der Waals surface area contributed by atoms with Gasteiger partial charge in [-0.15, -0.1) is 0 Å². The molecular formula is C18H22N4O3. The van der Waals surface area contributed by atoms with Gasteiger partial charge < -0.3 is 14.0 Å². The van der Waals surface area contributed by atoms with Crippen LogP contribution in [0.25, 0.3) is 11.3 Å². The average Bonchev–Trinajstić information content (AvgIpc) is 3.35. The van der Waals surface area contributed by atoms with Crippen LogP contribution in [-0.4, -0.2) is 37.5 Å². The van der Waals surface area contributed by atoms with Gasteiger partial charge in [0.25, 0.3) is 0 Å². The summed E-state index contributed by atoms with van der Waals surface area (Å²) in [5, 5.41) is 18.7. The Hall–Kier alpha value is -2.38. The van der Waals surface area contributed by atoms with Gasteiger partial charge in [-0.2, -0.15) is 5.10 Å². The first-order chi connectivity index (χ1) is 12.2. The summed E-state index contributed by atoms with van der Waals surface area (Å²) in [6, 6.07) is 5.90. The number of aliphatic hydroxyl groups is 1. The fourth-order valence-corrected chi connectivity index (χ4v) is 3.50. The van der Waals surface area contributed by atoms with Gasteiger partial charge in [0.2, 0.25) is 0 Å². The second kappa shape index (κ2) is 6.85. The standard InChI is InChI=1S/C18H22N4O3/c1-21-11-13(10-19-21)16-9-15(25-20-16)12-22-6-2-4-14(22)8-17(23)18-5-3-7-24-18/h3,5,7,9-11,14,17,23H,2,4,6,8,12H2,1H3/t14-,17-/m1/s1. The van der Waals surface area contributed by atoms with Crippen LogP contribution in [0.2, 0.25) is 0 Å². The highest BCUT2D eigenvalue weighted by Crippen LogP contribution is 2.29. The second-order valence-corrected chi connectivity index (χ2v) is 6.61. The lowest BCUT2D eigenvalue weighted by atomic mass is 10.1. The summed E-state index contributed by atoms with van der Waals surface area (Å²) in [6.45, 7) is 1.70. The van der Waals surface area contributed by atoms with Gasteiger partial charge in [0, 0.05) is 30.9 Å². The summed E-state index contributed by atoms with van der Waals surface area (Å²) in [6.07, 6.45) is 7.58. The molecule has 1 fully saturated rings. The molecule has 3 aromatic heterocycles. The van der Waals surface area contributed by atoms with Gasteiger partial charge in [-0.1, -0.05) is 5.16 Å². The monoisotopic (exact) mass is 342 g/mol. The summed E-state index contributed by atoms with van der Waals surface area (Å²) in [7, 11) is 1.88. The number of aliphatic hydroxyl groups excluding tert-OH is 1. The van der Waals surface area contributed by atoms with Gasteiger partial charge in [0.1, 0.15) is 17.6 Å². The van der Waals surface area contributed by atoms with Crippen LogP contribution in [0.3, 0.4) is 0 Å². The predicted molar refractivity (Wildman–Crippen MR) is 90.4 cm³/mol. The molecular weight excluding hydrogens is 320 g/mol. The molecule has 25 heavy (non-hydrogen) atoms. The molecule has 0 aromatic carbocycles. The highest BCUT2D eigenvalue weighted by Gasteiger charge is 2.29. The number of likely N-dealkylation sites (tertiary alicyclic amines) is 1. The van der Waals surface area contributed by atoms with Crippen LogP contribution in [0, 0.1) is 0 Å². The second-order valence-electron chi connectivity index (χ2n) is 6.61. The van der Waals surface area contributed by atoms with E-state index in [1.54, 1.807) is 23.2 Å². The van der Waals surface area contributed by atoms with E-state index < -0.39 is 6.10 Å². The Balaban J connectivity index is 1.40. The van der Waals surface area contributed by atoms with Crippen LogP contribution in [-0.2, 0) is 13.6 Å². The van der Waals surface area contributed by atoms with E-state index in [9.17, 15) is 5.11 Å². The molecule has 7 nitrogen and oxygen atoms in total. The number of hydrogen-bond acceptors (Lipinski definition) is 6. The normalized spacial score (nSPS) is 19.5. The van der Waals surface area contributed by atoms with Crippen LogP contribution in [0.1, 0.15) is 36.9 Å². The third kappa shape index (κ3) is 3.52. The molecule has 1 saturated heterocycles. The SMILES string of the molecule is Cn1cc(-c2cc(CN3CCC[C@@H]3C[C@@H](O)c3ccco3)on2)cn1. The third-order valence-corrected chi connectivity index (χ3v) is 4.78. The highest BCUT2D eigenvalue weighted by molar-refractivity contribution is 5.56. The summed E-state index contributed by atoms with van der Waals surface area (Å²) < 4.78 is 12.6. The molecule has 132 valence electrons. The lowest BCUT2D eigenvalue weighted by Gasteiger charge is -2.24. The van der Waals surface area contributed by atoms with Crippen LogP contribution < -0.4 is 0 Å². The molecule has 3 aromatic rings. The zero-order chi connectivity index (χ0) is 17.2. The van der Waals surface area contributed by atoms with Gasteiger partial charge in [0.05, 0.1) is 19.0 Å². The minimum Gasteiger partial charge on any atom is -0.467 e. The molecule has 0 bridgehead atoms. The van der Waals surface area contributed by atoms with Crippen molar-refractivity contribution >= 4 is 0 Å². The Kier molecular flexibility index (Phi) is 4.42. The smallest absolute Gasteiger partial charge is 0.151 e. The summed E-state index contributed by atoms with van der Waals surface area (Å²) in [5.74, 6) is 1.46. The van der Waals surface area contributed by atoms with E-state index in [0.717, 1.165) is 36.4 Å². The van der Waals surface area contributed by atoms with Gasteiger partial charge in [0.15, 0.2) is 5.76 Å². The molecule has 1 N–H and O–H groups in total. The molecule has 4 rings (SSSR count). The lowest BCUT2D eigenvalue weighted by molar-refractivity contribution is 0.0962. The summed E-state index contributed by atoms with van der Waals surface area (Å²) in [4.78, 5) is 2.35. The summed E-state index contributed by atoms with van der Waals surface area (Å²) in [5.41, 5.74) is 1.75. The third-order valence-electron chi connectivity index (χ3n) is 4.78. The first kappa shape index (κ1) is 16.1. The van der Waals surface area contributed by atoms with Crippen LogP contribution >= 0.6 is 0 Å². The molecule has 7 heteroatoms. The van der Waals surface area contributed by atoms with Crippen molar-refractivity contribution in [2.24, 2.45) is 7.05 Å². The maximum atomic E-state index is 10.3. The Bertz CT molecular complexity index is 808. The van der Waals surface area contributed by atoms with Crippen LogP contribution in [0.4, 0.5) is 0 Å². The van der Waals surface area contributed by atoms with Crippen molar-refractivity contribution < 1.29 is 14.0 Å². The van der Waals surface area contributed by atoms with Crippen molar-refractivity contribution in [1.82, 2.24) is 19.8 Å². The zero-order valence-electron chi connectivity index (χ0n) is 14.2. The largest absolute Gasteiger partial charge is 0.467 e. The number of aryl methyl sites for hydroxylation is 1. The first-order valence-corrected chi connectivity index (χ1v) is 8.59. The quantitative estimate of drug-likeness (QED) is 0.742. The molecule has 2 atom stereocenters. The average molecular weight is 342 g/mol. The molecule has 1 aliphatic rings. The van der Waals surface area contributed by atoms with E-state index in [1.165, 1.54) is 0 Å². The van der Waals surface area contributed by atoms with E-state index in [0.29, 0.717) is 24.8 Å². The van der Waals surface area contributed by atoms with Crippen molar-refractivity contribution in [1.29, 1.82) is 0 Å². The van der Waals surface area contributed by atoms with E-state index in [4.69, 9.17) is 8.94 Å². The minimum absolute atomic E-state index is 0.312. The van der Waals surface area contributed by atoms with Crippen LogP contribution in [0.15, 0.2) is 45.8 Å². The highest BCUT2D eigenvalue weighted by atomic mass is 16.5. The Morgan fingerprint density at radius 3 is 3.12 bits per heavy atom. The molecule has 0 radical (unpaired) electrons. The number of furan rings is 1.